The molecule has 0 amide bonds. The number of hydrogen-bond donors (Lipinski definition) is 2. The van der Waals surface area contributed by atoms with E-state index in [0.717, 1.165) is 0 Å². The van der Waals surface area contributed by atoms with Crippen molar-refractivity contribution in [1.29, 1.82) is 0 Å². The lowest BCUT2D eigenvalue weighted by Crippen LogP contribution is -2.52. The molecule has 0 bridgehead atoms. The molecule has 1 aromatic rings. The van der Waals surface area contributed by atoms with Crippen LogP contribution in [-0.2, 0) is 10.0 Å². The first-order chi connectivity index (χ1) is 10.3. The Kier molecular flexibility index (Phi) is 9.13. The average Bonchev–Trinajstić information content (AvgIpc) is 2.51. The quantitative estimate of drug-likeness (QED) is 0.705. The summed E-state index contributed by atoms with van der Waals surface area (Å²) in [6, 6.07) is 6.48. The van der Waals surface area contributed by atoms with Gasteiger partial charge in [0.05, 0.1) is 11.5 Å². The topological polar surface area (TPSA) is 81.4 Å². The molecule has 0 spiro atoms. The van der Waals surface area contributed by atoms with E-state index in [1.54, 1.807) is 24.3 Å². The lowest BCUT2D eigenvalue weighted by Gasteiger charge is -2.31. The van der Waals surface area contributed by atoms with Gasteiger partial charge in [-0.2, -0.15) is 0 Å². The lowest BCUT2D eigenvalue weighted by molar-refractivity contribution is 0.271. The standard InChI is InChI=1S/C16H28N2O3S.ClH/c1-5-16(6-2,12-17)18-22(19,20)15-9-7-14(8-10-15)21-11-13(3)4;/h7-10,13,18H,5-6,11-12,17H2,1-4H3;1H. The van der Waals surface area contributed by atoms with Gasteiger partial charge in [-0.05, 0) is 43.0 Å². The highest BCUT2D eigenvalue weighted by Gasteiger charge is 2.30. The van der Waals surface area contributed by atoms with E-state index < -0.39 is 15.6 Å². The van der Waals surface area contributed by atoms with Crippen LogP contribution in [0.4, 0.5) is 0 Å². The molecule has 0 heterocycles. The first-order valence-corrected chi connectivity index (χ1v) is 9.23. The van der Waals surface area contributed by atoms with Gasteiger partial charge in [0.2, 0.25) is 10.0 Å². The van der Waals surface area contributed by atoms with Crippen LogP contribution < -0.4 is 15.2 Å². The van der Waals surface area contributed by atoms with Gasteiger partial charge in [-0.15, -0.1) is 12.4 Å². The van der Waals surface area contributed by atoms with E-state index in [0.29, 0.717) is 31.1 Å². The molecule has 23 heavy (non-hydrogen) atoms. The monoisotopic (exact) mass is 364 g/mol. The summed E-state index contributed by atoms with van der Waals surface area (Å²) < 4.78 is 33.3. The van der Waals surface area contributed by atoms with Crippen LogP contribution in [0.2, 0.25) is 0 Å². The molecule has 0 aliphatic heterocycles. The van der Waals surface area contributed by atoms with E-state index in [9.17, 15) is 8.42 Å². The van der Waals surface area contributed by atoms with Crippen LogP contribution in [0.25, 0.3) is 0 Å². The van der Waals surface area contributed by atoms with E-state index in [2.05, 4.69) is 18.6 Å². The Morgan fingerprint density at radius 1 is 1.17 bits per heavy atom. The molecule has 7 heteroatoms. The van der Waals surface area contributed by atoms with E-state index in [1.165, 1.54) is 0 Å². The van der Waals surface area contributed by atoms with Crippen LogP contribution in [0.15, 0.2) is 29.2 Å². The number of halogens is 1. The average molecular weight is 365 g/mol. The third kappa shape index (κ3) is 6.30. The third-order valence-electron chi connectivity index (χ3n) is 3.81. The Morgan fingerprint density at radius 3 is 2.09 bits per heavy atom. The molecule has 0 atom stereocenters. The van der Waals surface area contributed by atoms with Gasteiger partial charge in [-0.1, -0.05) is 27.7 Å². The number of ether oxygens (including phenoxy) is 1. The van der Waals surface area contributed by atoms with Crippen LogP contribution >= 0.6 is 12.4 Å². The van der Waals surface area contributed by atoms with Crippen LogP contribution in [0.3, 0.4) is 0 Å². The second-order valence-corrected chi connectivity index (χ2v) is 7.66. The fourth-order valence-corrected chi connectivity index (χ4v) is 3.60. The summed E-state index contributed by atoms with van der Waals surface area (Å²) in [5, 5.41) is 0. The second kappa shape index (κ2) is 9.47. The van der Waals surface area contributed by atoms with Crippen molar-refractivity contribution in [3.63, 3.8) is 0 Å². The van der Waals surface area contributed by atoms with E-state index >= 15 is 0 Å². The first-order valence-electron chi connectivity index (χ1n) is 7.75. The summed E-state index contributed by atoms with van der Waals surface area (Å²) >= 11 is 0. The van der Waals surface area contributed by atoms with Crippen molar-refractivity contribution in [2.24, 2.45) is 11.7 Å². The molecule has 0 fully saturated rings. The number of sulfonamides is 1. The molecule has 0 unspecified atom stereocenters. The molecule has 1 aromatic carbocycles. The Hall–Kier alpha value is -0.820. The van der Waals surface area contributed by atoms with Gasteiger partial charge in [-0.3, -0.25) is 0 Å². The van der Waals surface area contributed by atoms with Crippen LogP contribution in [-0.4, -0.2) is 27.1 Å². The van der Waals surface area contributed by atoms with Gasteiger partial charge < -0.3 is 10.5 Å². The molecule has 0 aliphatic rings. The maximum Gasteiger partial charge on any atom is 0.241 e. The second-order valence-electron chi connectivity index (χ2n) is 5.97. The Balaban J connectivity index is 0.00000484. The summed E-state index contributed by atoms with van der Waals surface area (Å²) in [4.78, 5) is 0.226. The highest BCUT2D eigenvalue weighted by molar-refractivity contribution is 7.89. The van der Waals surface area contributed by atoms with Gasteiger partial charge >= 0.3 is 0 Å². The van der Waals surface area contributed by atoms with Crippen molar-refractivity contribution < 1.29 is 13.2 Å². The predicted octanol–water partition coefficient (Wildman–Crippen LogP) is 2.94. The fraction of sp³-hybridized carbons (Fsp3) is 0.625. The van der Waals surface area contributed by atoms with E-state index in [-0.39, 0.29) is 23.8 Å². The Morgan fingerprint density at radius 2 is 1.70 bits per heavy atom. The molecule has 0 radical (unpaired) electrons. The molecule has 5 nitrogen and oxygen atoms in total. The molecular weight excluding hydrogens is 336 g/mol. The van der Waals surface area contributed by atoms with Crippen molar-refractivity contribution in [2.75, 3.05) is 13.2 Å². The zero-order valence-corrected chi connectivity index (χ0v) is 16.0. The molecule has 1 rings (SSSR count). The molecule has 0 saturated heterocycles. The Labute approximate surface area is 146 Å². The minimum atomic E-state index is -3.59. The van der Waals surface area contributed by atoms with Gasteiger partial charge in [0.25, 0.3) is 0 Å². The van der Waals surface area contributed by atoms with E-state index in [4.69, 9.17) is 10.5 Å². The van der Waals surface area contributed by atoms with Crippen molar-refractivity contribution in [3.05, 3.63) is 24.3 Å². The molecular formula is C16H29ClN2O3S. The van der Waals surface area contributed by atoms with Crippen molar-refractivity contribution in [3.8, 4) is 5.75 Å². The largest absolute Gasteiger partial charge is 0.493 e. The molecule has 0 aliphatic carbocycles. The SMILES string of the molecule is CCC(CC)(CN)NS(=O)(=O)c1ccc(OCC(C)C)cc1.Cl. The maximum absolute atomic E-state index is 12.5. The maximum atomic E-state index is 12.5. The van der Waals surface area contributed by atoms with Crippen LogP contribution in [0.1, 0.15) is 40.5 Å². The van der Waals surface area contributed by atoms with Crippen LogP contribution in [0, 0.1) is 5.92 Å². The molecule has 0 aromatic heterocycles. The number of nitrogens with two attached hydrogens (primary N) is 1. The summed E-state index contributed by atoms with van der Waals surface area (Å²) in [6.45, 7) is 8.86. The van der Waals surface area contributed by atoms with Crippen molar-refractivity contribution >= 4 is 22.4 Å². The molecule has 134 valence electrons. The minimum absolute atomic E-state index is 0. The predicted molar refractivity (Wildman–Crippen MR) is 96.7 cm³/mol. The summed E-state index contributed by atoms with van der Waals surface area (Å²) in [6.07, 6.45) is 1.30. The van der Waals surface area contributed by atoms with E-state index in [1.807, 2.05) is 13.8 Å². The minimum Gasteiger partial charge on any atom is -0.493 e. The fourth-order valence-electron chi connectivity index (χ4n) is 2.05. The normalized spacial score (nSPS) is 12.1. The lowest BCUT2D eigenvalue weighted by atomic mass is 9.95. The number of rotatable bonds is 9. The molecule has 3 N–H and O–H groups in total. The van der Waals surface area contributed by atoms with Gasteiger partial charge in [0.15, 0.2) is 0 Å². The highest BCUT2D eigenvalue weighted by atomic mass is 35.5. The number of nitrogens with one attached hydrogen (secondary N) is 1. The van der Waals surface area contributed by atoms with Gasteiger partial charge in [0.1, 0.15) is 5.75 Å². The van der Waals surface area contributed by atoms with Gasteiger partial charge in [-0.25, -0.2) is 13.1 Å². The zero-order chi connectivity index (χ0) is 16.8. The highest BCUT2D eigenvalue weighted by Crippen LogP contribution is 2.21. The Bertz CT molecular complexity index is 547. The zero-order valence-electron chi connectivity index (χ0n) is 14.3. The van der Waals surface area contributed by atoms with Crippen LogP contribution in [0.5, 0.6) is 5.75 Å². The van der Waals surface area contributed by atoms with Crippen molar-refractivity contribution in [2.45, 2.75) is 51.0 Å². The summed E-state index contributed by atoms with van der Waals surface area (Å²) in [7, 11) is -3.59. The smallest absolute Gasteiger partial charge is 0.241 e. The number of hydrogen-bond acceptors (Lipinski definition) is 4. The third-order valence-corrected chi connectivity index (χ3v) is 5.41. The summed E-state index contributed by atoms with van der Waals surface area (Å²) in [5.41, 5.74) is 5.17. The number of benzene rings is 1. The first kappa shape index (κ1) is 22.2. The van der Waals surface area contributed by atoms with Gasteiger partial charge in [0, 0.05) is 12.1 Å². The van der Waals surface area contributed by atoms with Crippen molar-refractivity contribution in [1.82, 2.24) is 4.72 Å². The summed E-state index contributed by atoms with van der Waals surface area (Å²) in [5.74, 6) is 1.09. The molecule has 0 saturated carbocycles.